The number of hydrogen-bond acceptors (Lipinski definition) is 4. The first-order chi connectivity index (χ1) is 11.2. The molecule has 116 valence electrons. The third-order valence-corrected chi connectivity index (χ3v) is 4.14. The molecule has 2 heterocycles. The van der Waals surface area contributed by atoms with E-state index in [9.17, 15) is 4.79 Å². The number of carbonyl (C=O) groups excluding carboxylic acids is 1. The van der Waals surface area contributed by atoms with Crippen molar-refractivity contribution in [1.82, 2.24) is 14.8 Å². The van der Waals surface area contributed by atoms with Gasteiger partial charge in [0.05, 0.1) is 6.26 Å². The summed E-state index contributed by atoms with van der Waals surface area (Å²) in [6, 6.07) is 11.4. The number of anilines is 1. The molecular weight excluding hydrogens is 292 g/mol. The van der Waals surface area contributed by atoms with E-state index in [1.54, 1.807) is 12.6 Å². The molecule has 0 radical (unpaired) electrons. The van der Waals surface area contributed by atoms with Crippen molar-refractivity contribution < 1.29 is 9.21 Å². The molecule has 1 fully saturated rings. The molecule has 0 spiro atoms. The molecule has 1 aliphatic rings. The number of rotatable bonds is 4. The summed E-state index contributed by atoms with van der Waals surface area (Å²) in [6.07, 6.45) is 4.13. The van der Waals surface area contributed by atoms with Gasteiger partial charge in [0.1, 0.15) is 12.1 Å². The Morgan fingerprint density at radius 3 is 3.00 bits per heavy atom. The van der Waals surface area contributed by atoms with Gasteiger partial charge in [-0.25, -0.2) is 0 Å². The minimum Gasteiger partial charge on any atom is -0.469 e. The number of aryl methyl sites for hydroxylation is 1. The maximum absolute atomic E-state index is 12.4. The van der Waals surface area contributed by atoms with E-state index >= 15 is 0 Å². The molecule has 23 heavy (non-hydrogen) atoms. The maximum Gasteiger partial charge on any atom is 0.228 e. The second-order valence-corrected chi connectivity index (χ2v) is 5.80. The van der Waals surface area contributed by atoms with Crippen molar-refractivity contribution >= 4 is 11.6 Å². The summed E-state index contributed by atoms with van der Waals surface area (Å²) in [5, 5.41) is 10.9. The largest absolute Gasteiger partial charge is 0.469 e. The van der Waals surface area contributed by atoms with E-state index in [0.29, 0.717) is 0 Å². The van der Waals surface area contributed by atoms with Crippen LogP contribution >= 0.6 is 0 Å². The number of hydrogen-bond donors (Lipinski definition) is 1. The van der Waals surface area contributed by atoms with Crippen LogP contribution in [0.5, 0.6) is 0 Å². The highest BCUT2D eigenvalue weighted by molar-refractivity contribution is 5.95. The molecule has 0 saturated heterocycles. The Kier molecular flexibility index (Phi) is 3.22. The van der Waals surface area contributed by atoms with Crippen LogP contribution in [0.4, 0.5) is 5.69 Å². The Morgan fingerprint density at radius 1 is 1.35 bits per heavy atom. The van der Waals surface area contributed by atoms with Gasteiger partial charge in [-0.05, 0) is 30.7 Å². The molecule has 2 atom stereocenters. The average Bonchev–Trinajstić information content (AvgIpc) is 2.95. The zero-order chi connectivity index (χ0) is 15.8. The lowest BCUT2D eigenvalue weighted by Gasteiger charge is -2.07. The highest BCUT2D eigenvalue weighted by Crippen LogP contribution is 2.48. The van der Waals surface area contributed by atoms with Gasteiger partial charge in [0.2, 0.25) is 5.91 Å². The Bertz CT molecular complexity index is 838. The van der Waals surface area contributed by atoms with Gasteiger partial charge < -0.3 is 14.3 Å². The van der Waals surface area contributed by atoms with Crippen LogP contribution in [0.3, 0.4) is 0 Å². The van der Waals surface area contributed by atoms with Crippen LogP contribution in [0.2, 0.25) is 0 Å². The highest BCUT2D eigenvalue weighted by Gasteiger charge is 2.45. The zero-order valence-electron chi connectivity index (χ0n) is 12.6. The van der Waals surface area contributed by atoms with E-state index in [1.165, 1.54) is 0 Å². The molecule has 1 aliphatic carbocycles. The lowest BCUT2D eigenvalue weighted by molar-refractivity contribution is -0.117. The van der Waals surface area contributed by atoms with Crippen LogP contribution < -0.4 is 5.32 Å². The third-order valence-electron chi connectivity index (χ3n) is 4.14. The van der Waals surface area contributed by atoms with E-state index in [-0.39, 0.29) is 17.7 Å². The van der Waals surface area contributed by atoms with Crippen molar-refractivity contribution in [3.63, 3.8) is 0 Å². The molecular formula is C17H16N4O2. The van der Waals surface area contributed by atoms with Crippen LogP contribution in [0, 0.1) is 5.92 Å². The lowest BCUT2D eigenvalue weighted by Crippen LogP contribution is -2.14. The fourth-order valence-electron chi connectivity index (χ4n) is 2.82. The van der Waals surface area contributed by atoms with Crippen molar-refractivity contribution in [2.45, 2.75) is 12.3 Å². The van der Waals surface area contributed by atoms with Crippen LogP contribution in [0.1, 0.15) is 18.1 Å². The number of nitrogens with one attached hydrogen (secondary N) is 1. The number of aromatic nitrogens is 3. The fraction of sp³-hybridized carbons (Fsp3) is 0.235. The molecule has 6 nitrogen and oxygen atoms in total. The first-order valence-electron chi connectivity index (χ1n) is 7.51. The molecule has 3 aromatic rings. The Morgan fingerprint density at radius 2 is 2.26 bits per heavy atom. The summed E-state index contributed by atoms with van der Waals surface area (Å²) < 4.78 is 7.21. The number of carbonyl (C=O) groups is 1. The van der Waals surface area contributed by atoms with Crippen LogP contribution in [-0.2, 0) is 11.8 Å². The predicted molar refractivity (Wildman–Crippen MR) is 84.6 cm³/mol. The maximum atomic E-state index is 12.4. The van der Waals surface area contributed by atoms with Gasteiger partial charge in [0, 0.05) is 30.1 Å². The third kappa shape index (κ3) is 2.63. The van der Waals surface area contributed by atoms with Crippen molar-refractivity contribution in [2.75, 3.05) is 5.32 Å². The molecule has 4 rings (SSSR count). The Balaban J connectivity index is 1.47. The zero-order valence-corrected chi connectivity index (χ0v) is 12.6. The number of benzene rings is 1. The highest BCUT2D eigenvalue weighted by atomic mass is 16.3. The summed E-state index contributed by atoms with van der Waals surface area (Å²) in [7, 11) is 1.89. The monoisotopic (exact) mass is 308 g/mol. The lowest BCUT2D eigenvalue weighted by atomic mass is 10.1. The van der Waals surface area contributed by atoms with Crippen molar-refractivity contribution in [3.05, 3.63) is 54.7 Å². The van der Waals surface area contributed by atoms with Gasteiger partial charge in [0.25, 0.3) is 0 Å². The standard InChI is InChI=1S/C17H16N4O2/c1-21-10-18-20-16(21)11-4-2-5-12(8-11)19-17(22)14-9-13(14)15-6-3-7-23-15/h2-8,10,13-14H,9H2,1H3,(H,19,22)/t13-,14+/m0/s1. The summed E-state index contributed by atoms with van der Waals surface area (Å²) >= 11 is 0. The second kappa shape index (κ2) is 5.39. The first kappa shape index (κ1) is 13.8. The summed E-state index contributed by atoms with van der Waals surface area (Å²) in [5.41, 5.74) is 1.68. The van der Waals surface area contributed by atoms with Crippen LogP contribution in [0.25, 0.3) is 11.4 Å². The van der Waals surface area contributed by atoms with Gasteiger partial charge in [-0.1, -0.05) is 12.1 Å². The number of furan rings is 1. The topological polar surface area (TPSA) is 73.0 Å². The molecule has 0 aliphatic heterocycles. The van der Waals surface area contributed by atoms with Gasteiger partial charge in [-0.15, -0.1) is 10.2 Å². The Hall–Kier alpha value is -2.89. The molecule has 6 heteroatoms. The van der Waals surface area contributed by atoms with Gasteiger partial charge in [0.15, 0.2) is 5.82 Å². The molecule has 1 saturated carbocycles. The van der Waals surface area contributed by atoms with E-state index in [1.807, 2.05) is 48.0 Å². The smallest absolute Gasteiger partial charge is 0.228 e. The van der Waals surface area contributed by atoms with Crippen molar-refractivity contribution in [3.8, 4) is 11.4 Å². The normalized spacial score (nSPS) is 19.5. The number of nitrogens with zero attached hydrogens (tertiary/aromatic N) is 3. The SMILES string of the molecule is Cn1cnnc1-c1cccc(NC(=O)[C@@H]2C[C@@H]2c2ccco2)c1. The minimum absolute atomic E-state index is 0.0142. The summed E-state index contributed by atoms with van der Waals surface area (Å²) in [6.45, 7) is 0. The molecule has 0 bridgehead atoms. The van der Waals surface area contributed by atoms with E-state index < -0.39 is 0 Å². The van der Waals surface area contributed by atoms with E-state index in [0.717, 1.165) is 29.3 Å². The summed E-state index contributed by atoms with van der Waals surface area (Å²) in [5.74, 6) is 1.87. The quantitative estimate of drug-likeness (QED) is 0.804. The molecule has 1 amide bonds. The molecule has 0 unspecified atom stereocenters. The average molecular weight is 308 g/mol. The predicted octanol–water partition coefficient (Wildman–Crippen LogP) is 2.82. The van der Waals surface area contributed by atoms with Gasteiger partial charge >= 0.3 is 0 Å². The minimum atomic E-state index is -0.0142. The Labute approximate surface area is 133 Å². The van der Waals surface area contributed by atoms with E-state index in [4.69, 9.17) is 4.42 Å². The molecule has 2 aromatic heterocycles. The molecule has 1 aromatic carbocycles. The van der Waals surface area contributed by atoms with Gasteiger partial charge in [-0.3, -0.25) is 4.79 Å². The molecule has 1 N–H and O–H groups in total. The van der Waals surface area contributed by atoms with Crippen molar-refractivity contribution in [2.24, 2.45) is 13.0 Å². The van der Waals surface area contributed by atoms with Crippen LogP contribution in [-0.4, -0.2) is 20.7 Å². The van der Waals surface area contributed by atoms with E-state index in [2.05, 4.69) is 15.5 Å². The second-order valence-electron chi connectivity index (χ2n) is 5.80. The number of amides is 1. The fourth-order valence-corrected chi connectivity index (χ4v) is 2.82. The van der Waals surface area contributed by atoms with Gasteiger partial charge in [-0.2, -0.15) is 0 Å². The van der Waals surface area contributed by atoms with Crippen molar-refractivity contribution in [1.29, 1.82) is 0 Å². The van der Waals surface area contributed by atoms with Crippen LogP contribution in [0.15, 0.2) is 53.4 Å². The first-order valence-corrected chi connectivity index (χ1v) is 7.51. The summed E-state index contributed by atoms with van der Waals surface area (Å²) in [4.78, 5) is 12.4.